The first-order chi connectivity index (χ1) is 12.5. The van der Waals surface area contributed by atoms with Gasteiger partial charge >= 0.3 is 0 Å². The zero-order valence-electron chi connectivity index (χ0n) is 13.7. The summed E-state index contributed by atoms with van der Waals surface area (Å²) in [5.74, 6) is -0.646. The lowest BCUT2D eigenvalue weighted by Crippen LogP contribution is -2.07. The molecule has 0 saturated heterocycles. The van der Waals surface area contributed by atoms with E-state index in [-0.39, 0.29) is 11.7 Å². The number of aromatic nitrogens is 1. The predicted octanol–water partition coefficient (Wildman–Crippen LogP) is 5.41. The largest absolute Gasteiger partial charge is 0.354 e. The van der Waals surface area contributed by atoms with Gasteiger partial charge in [0.25, 0.3) is 0 Å². The third-order valence-electron chi connectivity index (χ3n) is 3.55. The number of pyridine rings is 1. The normalized spacial score (nSPS) is 10.2. The van der Waals surface area contributed by atoms with Gasteiger partial charge in [0.1, 0.15) is 11.0 Å². The Kier molecular flexibility index (Phi) is 5.29. The van der Waals surface area contributed by atoms with E-state index in [2.05, 4.69) is 22.2 Å². The highest BCUT2D eigenvalue weighted by atomic mass is 35.5. The zero-order chi connectivity index (χ0) is 18.5. The summed E-state index contributed by atoms with van der Waals surface area (Å²) in [6, 6.07) is 16.7. The third kappa shape index (κ3) is 4.26. The van der Waals surface area contributed by atoms with Gasteiger partial charge in [0.2, 0.25) is 5.91 Å². The maximum atomic E-state index is 13.4. The fourth-order valence-corrected chi connectivity index (χ4v) is 2.56. The minimum Gasteiger partial charge on any atom is -0.354 e. The van der Waals surface area contributed by atoms with Crippen LogP contribution in [-0.4, -0.2) is 10.9 Å². The Hall–Kier alpha value is -3.18. The lowest BCUT2D eigenvalue weighted by molar-refractivity contribution is -0.111. The molecule has 0 spiro atoms. The van der Waals surface area contributed by atoms with Gasteiger partial charge in [0, 0.05) is 16.9 Å². The van der Waals surface area contributed by atoms with E-state index >= 15 is 0 Å². The molecule has 0 aliphatic rings. The molecule has 2 aromatic carbocycles. The second-order valence-corrected chi connectivity index (χ2v) is 5.83. The average Bonchev–Trinajstić information content (AvgIpc) is 2.63. The van der Waals surface area contributed by atoms with Gasteiger partial charge in [0.15, 0.2) is 0 Å². The summed E-state index contributed by atoms with van der Waals surface area (Å²) >= 11 is 6.06. The van der Waals surface area contributed by atoms with E-state index < -0.39 is 0 Å². The molecule has 1 heterocycles. The molecule has 2 N–H and O–H groups in total. The fourth-order valence-electron chi connectivity index (χ4n) is 2.42. The van der Waals surface area contributed by atoms with Crippen molar-refractivity contribution >= 4 is 34.6 Å². The van der Waals surface area contributed by atoms with Crippen LogP contribution in [-0.2, 0) is 4.79 Å². The number of hydrogen-bond donors (Lipinski definition) is 2. The second-order valence-electron chi connectivity index (χ2n) is 5.44. The first-order valence-corrected chi connectivity index (χ1v) is 8.16. The maximum absolute atomic E-state index is 13.4. The van der Waals surface area contributed by atoms with E-state index in [1.165, 1.54) is 18.2 Å². The Morgan fingerprint density at radius 3 is 2.62 bits per heavy atom. The van der Waals surface area contributed by atoms with Gasteiger partial charge in [0.05, 0.1) is 11.4 Å². The highest BCUT2D eigenvalue weighted by Gasteiger charge is 2.10. The highest BCUT2D eigenvalue weighted by Crippen LogP contribution is 2.31. The summed E-state index contributed by atoms with van der Waals surface area (Å²) in [4.78, 5) is 15.9. The molecule has 0 aliphatic carbocycles. The quantitative estimate of drug-likeness (QED) is 0.468. The molecule has 1 aromatic heterocycles. The van der Waals surface area contributed by atoms with Crippen molar-refractivity contribution in [3.05, 3.63) is 84.3 Å². The van der Waals surface area contributed by atoms with Gasteiger partial charge < -0.3 is 10.6 Å². The molecule has 3 aromatic rings. The molecule has 3 rings (SSSR count). The number of anilines is 3. The number of carbonyl (C=O) groups is 1. The Morgan fingerprint density at radius 1 is 1.08 bits per heavy atom. The molecule has 0 unspecified atom stereocenters. The van der Waals surface area contributed by atoms with Crippen LogP contribution in [0.25, 0.3) is 11.3 Å². The number of rotatable bonds is 5. The van der Waals surface area contributed by atoms with E-state index in [0.29, 0.717) is 27.9 Å². The monoisotopic (exact) mass is 367 g/mol. The molecule has 1 amide bonds. The van der Waals surface area contributed by atoms with Crippen LogP contribution in [0, 0.1) is 5.82 Å². The zero-order valence-corrected chi connectivity index (χ0v) is 14.4. The molecule has 0 saturated carbocycles. The lowest BCUT2D eigenvalue weighted by atomic mass is 10.1. The molecular formula is C20H15ClFN3O. The average molecular weight is 368 g/mol. The van der Waals surface area contributed by atoms with Crippen LogP contribution >= 0.6 is 11.6 Å². The standard InChI is InChI=1S/C20H15ClFN3O/c1-2-19(26)24-15-7-3-5-13(11-15)20-17(9-10-18(21)25-20)23-16-8-4-6-14(22)12-16/h2-12,23H,1H2,(H,24,26). The summed E-state index contributed by atoms with van der Waals surface area (Å²) in [6.45, 7) is 3.43. The van der Waals surface area contributed by atoms with Crippen molar-refractivity contribution in [3.8, 4) is 11.3 Å². The van der Waals surface area contributed by atoms with Crippen LogP contribution < -0.4 is 10.6 Å². The number of hydrogen-bond acceptors (Lipinski definition) is 3. The smallest absolute Gasteiger partial charge is 0.247 e. The number of halogens is 2. The molecule has 0 fully saturated rings. The first-order valence-electron chi connectivity index (χ1n) is 7.78. The Bertz CT molecular complexity index is 975. The molecular weight excluding hydrogens is 353 g/mol. The van der Waals surface area contributed by atoms with Gasteiger partial charge in [-0.1, -0.05) is 36.4 Å². The van der Waals surface area contributed by atoms with Crippen LogP contribution in [0.2, 0.25) is 5.15 Å². The van der Waals surface area contributed by atoms with Gasteiger partial charge in [-0.2, -0.15) is 0 Å². The van der Waals surface area contributed by atoms with Crippen LogP contribution in [0.15, 0.2) is 73.3 Å². The molecule has 0 aliphatic heterocycles. The van der Waals surface area contributed by atoms with Crippen molar-refractivity contribution in [1.82, 2.24) is 4.98 Å². The molecule has 0 atom stereocenters. The van der Waals surface area contributed by atoms with Crippen molar-refractivity contribution in [2.75, 3.05) is 10.6 Å². The molecule has 0 bridgehead atoms. The summed E-state index contributed by atoms with van der Waals surface area (Å²) in [5, 5.41) is 6.18. The van der Waals surface area contributed by atoms with E-state index in [1.54, 1.807) is 42.5 Å². The Labute approximate surface area is 155 Å². The van der Waals surface area contributed by atoms with Crippen LogP contribution in [0.4, 0.5) is 21.5 Å². The van der Waals surface area contributed by atoms with Gasteiger partial charge in [-0.3, -0.25) is 4.79 Å². The summed E-state index contributed by atoms with van der Waals surface area (Å²) in [5.41, 5.74) is 3.18. The molecule has 130 valence electrons. The molecule has 0 radical (unpaired) electrons. The van der Waals surface area contributed by atoms with E-state index in [4.69, 9.17) is 11.6 Å². The van der Waals surface area contributed by atoms with E-state index in [9.17, 15) is 9.18 Å². The second kappa shape index (κ2) is 7.80. The molecule has 4 nitrogen and oxygen atoms in total. The van der Waals surface area contributed by atoms with Crippen molar-refractivity contribution in [2.24, 2.45) is 0 Å². The summed E-state index contributed by atoms with van der Waals surface area (Å²) < 4.78 is 13.4. The number of benzene rings is 2. The van der Waals surface area contributed by atoms with E-state index in [0.717, 1.165) is 5.56 Å². The van der Waals surface area contributed by atoms with Crippen LogP contribution in [0.1, 0.15) is 0 Å². The lowest BCUT2D eigenvalue weighted by Gasteiger charge is -2.13. The number of amides is 1. The fraction of sp³-hybridized carbons (Fsp3) is 0. The molecule has 26 heavy (non-hydrogen) atoms. The SMILES string of the molecule is C=CC(=O)Nc1cccc(-c2nc(Cl)ccc2Nc2cccc(F)c2)c1. The van der Waals surface area contributed by atoms with Crippen molar-refractivity contribution in [3.63, 3.8) is 0 Å². The number of nitrogens with zero attached hydrogens (tertiary/aromatic N) is 1. The van der Waals surface area contributed by atoms with Crippen molar-refractivity contribution < 1.29 is 9.18 Å². The van der Waals surface area contributed by atoms with Gasteiger partial charge in [-0.25, -0.2) is 9.37 Å². The minimum absolute atomic E-state index is 0.306. The third-order valence-corrected chi connectivity index (χ3v) is 3.76. The molecule has 6 heteroatoms. The predicted molar refractivity (Wildman–Crippen MR) is 103 cm³/mol. The number of nitrogens with one attached hydrogen (secondary N) is 2. The maximum Gasteiger partial charge on any atom is 0.247 e. The first kappa shape index (κ1) is 17.6. The summed E-state index contributed by atoms with van der Waals surface area (Å²) in [6.07, 6.45) is 1.20. The number of carbonyl (C=O) groups excluding carboxylic acids is 1. The van der Waals surface area contributed by atoms with Gasteiger partial charge in [-0.15, -0.1) is 0 Å². The Morgan fingerprint density at radius 2 is 1.85 bits per heavy atom. The van der Waals surface area contributed by atoms with Crippen LogP contribution in [0.3, 0.4) is 0 Å². The minimum atomic E-state index is -0.340. The summed E-state index contributed by atoms with van der Waals surface area (Å²) in [7, 11) is 0. The topological polar surface area (TPSA) is 54.0 Å². The van der Waals surface area contributed by atoms with E-state index in [1.807, 2.05) is 6.07 Å². The van der Waals surface area contributed by atoms with Crippen molar-refractivity contribution in [2.45, 2.75) is 0 Å². The van der Waals surface area contributed by atoms with Crippen LogP contribution in [0.5, 0.6) is 0 Å². The Balaban J connectivity index is 1.99. The van der Waals surface area contributed by atoms with Crippen molar-refractivity contribution in [1.29, 1.82) is 0 Å². The van der Waals surface area contributed by atoms with Gasteiger partial charge in [-0.05, 0) is 48.5 Å². The highest BCUT2D eigenvalue weighted by molar-refractivity contribution is 6.29.